The lowest BCUT2D eigenvalue weighted by Crippen LogP contribution is -2.17. The van der Waals surface area contributed by atoms with Gasteiger partial charge in [-0.25, -0.2) is 18.4 Å². The topological polar surface area (TPSA) is 108 Å². The van der Waals surface area contributed by atoms with Crippen molar-refractivity contribution in [3.8, 4) is 0 Å². The Morgan fingerprint density at radius 2 is 1.84 bits per heavy atom. The predicted octanol–water partition coefficient (Wildman–Crippen LogP) is 2.77. The van der Waals surface area contributed by atoms with Crippen LogP contribution in [0.1, 0.15) is 23.8 Å². The molecule has 0 bridgehead atoms. The lowest BCUT2D eigenvalue weighted by molar-refractivity contribution is 0.102. The number of para-hydroxylation sites is 2. The molecule has 0 saturated heterocycles. The molecule has 0 saturated carbocycles. The quantitative estimate of drug-likeness (QED) is 0.421. The van der Waals surface area contributed by atoms with Gasteiger partial charge >= 0.3 is 0 Å². The lowest BCUT2D eigenvalue weighted by atomic mass is 10.3. The van der Waals surface area contributed by atoms with E-state index < -0.39 is 15.7 Å². The first-order valence-corrected chi connectivity index (χ1v) is 11.8. The summed E-state index contributed by atoms with van der Waals surface area (Å²) in [5.41, 5.74) is 2.06. The van der Waals surface area contributed by atoms with Crippen molar-refractivity contribution in [2.24, 2.45) is 0 Å². The molecule has 162 valence electrons. The Kier molecular flexibility index (Phi) is 5.75. The van der Waals surface area contributed by atoms with E-state index in [1.54, 1.807) is 24.4 Å². The number of nitrogens with zero attached hydrogens (tertiary/aromatic N) is 4. The number of carbonyl (C=O) groups is 1. The molecule has 3 heterocycles. The molecule has 3 aromatic heterocycles. The number of imidazole rings is 2. The van der Waals surface area contributed by atoms with Crippen LogP contribution >= 0.6 is 0 Å². The molecule has 31 heavy (non-hydrogen) atoms. The summed E-state index contributed by atoms with van der Waals surface area (Å²) in [6.45, 7) is 3.79. The third-order valence-electron chi connectivity index (χ3n) is 4.82. The Morgan fingerprint density at radius 3 is 2.61 bits per heavy atom. The van der Waals surface area contributed by atoms with E-state index in [1.807, 2.05) is 35.8 Å². The summed E-state index contributed by atoms with van der Waals surface area (Å²) in [6, 6.07) is 12.7. The molecule has 0 unspecified atom stereocenters. The van der Waals surface area contributed by atoms with Crippen LogP contribution in [0, 0.1) is 0 Å². The van der Waals surface area contributed by atoms with Gasteiger partial charge in [0.1, 0.15) is 0 Å². The van der Waals surface area contributed by atoms with Gasteiger partial charge in [0.05, 0.1) is 16.6 Å². The number of hydrogen-bond acceptors (Lipinski definition) is 6. The highest BCUT2D eigenvalue weighted by Gasteiger charge is 2.24. The molecule has 4 rings (SSSR count). The van der Waals surface area contributed by atoms with Crippen molar-refractivity contribution in [1.29, 1.82) is 0 Å². The van der Waals surface area contributed by atoms with E-state index in [1.165, 1.54) is 4.40 Å². The Balaban J connectivity index is 1.71. The fraction of sp³-hybridized carbons (Fsp3) is 0.286. The van der Waals surface area contributed by atoms with Crippen molar-refractivity contribution in [2.45, 2.75) is 25.0 Å². The van der Waals surface area contributed by atoms with Gasteiger partial charge in [0.25, 0.3) is 5.91 Å². The van der Waals surface area contributed by atoms with Crippen molar-refractivity contribution in [2.75, 3.05) is 24.8 Å². The largest absolute Gasteiger partial charge is 0.382 e. The Morgan fingerprint density at radius 1 is 1.10 bits per heavy atom. The maximum absolute atomic E-state index is 13.1. The highest BCUT2D eigenvalue weighted by molar-refractivity contribution is 7.90. The number of rotatable bonds is 8. The molecule has 0 aliphatic heterocycles. The van der Waals surface area contributed by atoms with Gasteiger partial charge < -0.3 is 9.30 Å². The van der Waals surface area contributed by atoms with Gasteiger partial charge in [-0.15, -0.1) is 0 Å². The van der Waals surface area contributed by atoms with Crippen LogP contribution in [0.25, 0.3) is 16.6 Å². The zero-order valence-corrected chi connectivity index (χ0v) is 18.1. The van der Waals surface area contributed by atoms with E-state index in [2.05, 4.69) is 15.3 Å². The van der Waals surface area contributed by atoms with Crippen molar-refractivity contribution in [3.63, 3.8) is 0 Å². The SMILES string of the molecule is CCOCCCn1c(NC(=O)c2nc(S(C)(=O)=O)n3ccccc23)nc2ccccc21. The first kappa shape index (κ1) is 21.0. The van der Waals surface area contributed by atoms with Gasteiger partial charge in [0.15, 0.2) is 5.69 Å². The summed E-state index contributed by atoms with van der Waals surface area (Å²) in [5.74, 6) is -0.152. The molecule has 1 aromatic carbocycles. The van der Waals surface area contributed by atoms with Crippen molar-refractivity contribution < 1.29 is 17.9 Å². The average molecular weight is 442 g/mol. The van der Waals surface area contributed by atoms with Gasteiger partial charge in [0, 0.05) is 32.2 Å². The highest BCUT2D eigenvalue weighted by Crippen LogP contribution is 2.22. The van der Waals surface area contributed by atoms with Crippen LogP contribution in [-0.4, -0.2) is 52.7 Å². The second kappa shape index (κ2) is 8.48. The van der Waals surface area contributed by atoms with Crippen LogP contribution in [0.4, 0.5) is 5.95 Å². The summed E-state index contributed by atoms with van der Waals surface area (Å²) in [4.78, 5) is 21.8. The third-order valence-corrected chi connectivity index (χ3v) is 5.77. The minimum absolute atomic E-state index is 0.0222. The standard InChI is InChI=1S/C21H23N5O4S/c1-3-30-14-8-13-25-16-10-5-4-9-15(16)22-20(25)24-19(27)18-17-11-6-7-12-26(17)21(23-18)31(2,28)29/h4-7,9-12H,3,8,13-14H2,1-2H3,(H,22,24,27). The average Bonchev–Trinajstić information content (AvgIpc) is 3.30. The molecular formula is C21H23N5O4S. The molecule has 0 atom stereocenters. The van der Waals surface area contributed by atoms with Crippen molar-refractivity contribution in [3.05, 3.63) is 54.4 Å². The van der Waals surface area contributed by atoms with E-state index in [0.717, 1.165) is 23.7 Å². The number of sulfone groups is 1. The summed E-state index contributed by atoms with van der Waals surface area (Å²) in [5, 5.41) is 2.63. The molecule has 0 aliphatic rings. The number of nitrogens with one attached hydrogen (secondary N) is 1. The molecule has 4 aromatic rings. The van der Waals surface area contributed by atoms with E-state index >= 15 is 0 Å². The number of carbonyl (C=O) groups excluding carboxylic acids is 1. The molecule has 0 fully saturated rings. The molecule has 0 aliphatic carbocycles. The third kappa shape index (κ3) is 4.17. The first-order chi connectivity index (χ1) is 14.9. The Labute approximate surface area is 179 Å². The zero-order chi connectivity index (χ0) is 22.0. The van der Waals surface area contributed by atoms with Crippen LogP contribution < -0.4 is 5.32 Å². The molecule has 10 heteroatoms. The summed E-state index contributed by atoms with van der Waals surface area (Å²) in [7, 11) is -3.62. The fourth-order valence-electron chi connectivity index (χ4n) is 3.47. The van der Waals surface area contributed by atoms with Gasteiger partial charge in [0.2, 0.25) is 20.9 Å². The second-order valence-corrected chi connectivity index (χ2v) is 8.96. The smallest absolute Gasteiger partial charge is 0.278 e. The number of amides is 1. The number of benzene rings is 1. The van der Waals surface area contributed by atoms with E-state index in [9.17, 15) is 13.2 Å². The summed E-state index contributed by atoms with van der Waals surface area (Å²) < 4.78 is 33.0. The number of ether oxygens (including phenoxy) is 1. The number of aromatic nitrogens is 4. The van der Waals surface area contributed by atoms with Gasteiger partial charge in [-0.05, 0) is 37.6 Å². The van der Waals surface area contributed by atoms with Crippen molar-refractivity contribution >= 4 is 38.2 Å². The van der Waals surface area contributed by atoms with Crippen LogP contribution in [-0.2, 0) is 21.1 Å². The normalized spacial score (nSPS) is 11.9. The van der Waals surface area contributed by atoms with E-state index in [4.69, 9.17) is 4.74 Å². The van der Waals surface area contributed by atoms with Crippen LogP contribution in [0.3, 0.4) is 0 Å². The number of pyridine rings is 1. The maximum Gasteiger partial charge on any atom is 0.278 e. The number of fused-ring (bicyclic) bond motifs is 2. The van der Waals surface area contributed by atoms with Crippen LogP contribution in [0.5, 0.6) is 0 Å². The number of aryl methyl sites for hydroxylation is 1. The van der Waals surface area contributed by atoms with Crippen LogP contribution in [0.2, 0.25) is 0 Å². The van der Waals surface area contributed by atoms with E-state index in [0.29, 0.717) is 31.2 Å². The lowest BCUT2D eigenvalue weighted by Gasteiger charge is -2.10. The summed E-state index contributed by atoms with van der Waals surface area (Å²) in [6.07, 6.45) is 3.38. The maximum atomic E-state index is 13.1. The monoisotopic (exact) mass is 441 g/mol. The number of hydrogen-bond donors (Lipinski definition) is 1. The van der Waals surface area contributed by atoms with Crippen LogP contribution in [0.15, 0.2) is 53.8 Å². The Hall–Kier alpha value is -3.24. The predicted molar refractivity (Wildman–Crippen MR) is 117 cm³/mol. The summed E-state index contributed by atoms with van der Waals surface area (Å²) >= 11 is 0. The number of anilines is 1. The molecule has 1 N–H and O–H groups in total. The van der Waals surface area contributed by atoms with Gasteiger partial charge in [-0.3, -0.25) is 14.5 Å². The van der Waals surface area contributed by atoms with Gasteiger partial charge in [-0.1, -0.05) is 18.2 Å². The Bertz CT molecular complexity index is 1360. The second-order valence-electron chi connectivity index (χ2n) is 7.05. The van der Waals surface area contributed by atoms with Gasteiger partial charge in [-0.2, -0.15) is 0 Å². The molecule has 9 nitrogen and oxygen atoms in total. The molecule has 1 amide bonds. The zero-order valence-electron chi connectivity index (χ0n) is 17.3. The minimum Gasteiger partial charge on any atom is -0.382 e. The van der Waals surface area contributed by atoms with E-state index in [-0.39, 0.29) is 10.9 Å². The minimum atomic E-state index is -3.62. The van der Waals surface area contributed by atoms with Crippen molar-refractivity contribution in [1.82, 2.24) is 18.9 Å². The fourth-order valence-corrected chi connectivity index (χ4v) is 4.24. The molecule has 0 spiro atoms. The first-order valence-electron chi connectivity index (χ1n) is 9.91. The molecular weight excluding hydrogens is 418 g/mol. The molecule has 0 radical (unpaired) electrons. The highest BCUT2D eigenvalue weighted by atomic mass is 32.2.